The minimum absolute atomic E-state index is 0.0577. The summed E-state index contributed by atoms with van der Waals surface area (Å²) in [5.41, 5.74) is 3.59. The first-order valence-corrected chi connectivity index (χ1v) is 10.1. The minimum Gasteiger partial charge on any atom is -0.443 e. The highest BCUT2D eigenvalue weighted by Crippen LogP contribution is 2.24. The number of sulfonamides is 1. The molecule has 1 aliphatic heterocycles. The summed E-state index contributed by atoms with van der Waals surface area (Å²) in [6.07, 6.45) is -0.976. The van der Waals surface area contributed by atoms with Crippen molar-refractivity contribution in [1.29, 1.82) is 0 Å². The molecule has 0 radical (unpaired) electrons. The van der Waals surface area contributed by atoms with Crippen LogP contribution in [0.4, 0.5) is 10.5 Å². The molecule has 0 spiro atoms. The number of carbonyl (C=O) groups excluding carboxylic acids is 1. The molecule has 1 N–H and O–H groups in total. The number of cyclic esters (lactones) is 1. The number of rotatable bonds is 6. The van der Waals surface area contributed by atoms with E-state index in [1.807, 2.05) is 38.1 Å². The first kappa shape index (κ1) is 18.4. The molecular weight excluding hydrogens is 352 g/mol. The smallest absolute Gasteiger partial charge is 0.414 e. The predicted molar refractivity (Wildman–Crippen MR) is 101 cm³/mol. The molecule has 1 heterocycles. The summed E-state index contributed by atoms with van der Waals surface area (Å²) in [6.45, 7) is 4.30. The minimum atomic E-state index is -3.49. The van der Waals surface area contributed by atoms with Crippen molar-refractivity contribution in [2.24, 2.45) is 0 Å². The van der Waals surface area contributed by atoms with E-state index >= 15 is 0 Å². The highest BCUT2D eigenvalue weighted by atomic mass is 32.2. The third kappa shape index (κ3) is 4.62. The highest BCUT2D eigenvalue weighted by Gasteiger charge is 2.33. The first-order chi connectivity index (χ1) is 12.3. The zero-order valence-corrected chi connectivity index (χ0v) is 15.6. The Hall–Kier alpha value is -2.38. The fourth-order valence-corrected chi connectivity index (χ4v) is 4.18. The van der Waals surface area contributed by atoms with Gasteiger partial charge in [0.2, 0.25) is 10.0 Å². The second-order valence-electron chi connectivity index (χ2n) is 6.56. The van der Waals surface area contributed by atoms with Gasteiger partial charge in [-0.2, -0.15) is 0 Å². The molecule has 26 heavy (non-hydrogen) atoms. The number of hydrogen-bond donors (Lipinski definition) is 1. The number of anilines is 1. The van der Waals surface area contributed by atoms with Gasteiger partial charge in [-0.1, -0.05) is 36.4 Å². The van der Waals surface area contributed by atoms with E-state index in [0.29, 0.717) is 12.1 Å². The number of aryl methyl sites for hydroxylation is 2. The van der Waals surface area contributed by atoms with Crippen LogP contribution in [0, 0.1) is 13.8 Å². The number of nitrogens with zero attached hydrogens (tertiary/aromatic N) is 1. The number of nitrogens with one attached hydrogen (secondary N) is 1. The van der Waals surface area contributed by atoms with Crippen molar-refractivity contribution < 1.29 is 17.9 Å². The van der Waals surface area contributed by atoms with Gasteiger partial charge in [0.15, 0.2) is 0 Å². The van der Waals surface area contributed by atoms with Crippen molar-refractivity contribution in [3.63, 3.8) is 0 Å². The summed E-state index contributed by atoms with van der Waals surface area (Å²) >= 11 is 0. The van der Waals surface area contributed by atoms with Gasteiger partial charge in [-0.15, -0.1) is 0 Å². The first-order valence-electron chi connectivity index (χ1n) is 8.40. The number of carbonyl (C=O) groups is 1. The third-order valence-corrected chi connectivity index (χ3v) is 5.44. The Morgan fingerprint density at radius 1 is 1.12 bits per heavy atom. The maximum absolute atomic E-state index is 12.2. The molecule has 1 unspecified atom stereocenters. The summed E-state index contributed by atoms with van der Waals surface area (Å²) in [5.74, 6) is -0.102. The van der Waals surface area contributed by atoms with Gasteiger partial charge in [0, 0.05) is 12.2 Å². The van der Waals surface area contributed by atoms with Crippen LogP contribution < -0.4 is 9.62 Å². The van der Waals surface area contributed by atoms with Crippen molar-refractivity contribution in [3.05, 3.63) is 65.2 Å². The topological polar surface area (TPSA) is 75.7 Å². The van der Waals surface area contributed by atoms with Crippen molar-refractivity contribution in [2.75, 3.05) is 18.0 Å². The fraction of sp³-hybridized carbons (Fsp3) is 0.316. The zero-order valence-electron chi connectivity index (χ0n) is 14.8. The molecule has 6 nitrogen and oxygen atoms in total. The van der Waals surface area contributed by atoms with Gasteiger partial charge in [-0.25, -0.2) is 17.9 Å². The molecule has 2 aromatic carbocycles. The Balaban J connectivity index is 1.61. The van der Waals surface area contributed by atoms with Crippen LogP contribution in [0.5, 0.6) is 0 Å². The molecule has 0 saturated carbocycles. The average molecular weight is 374 g/mol. The van der Waals surface area contributed by atoms with E-state index in [2.05, 4.69) is 4.72 Å². The van der Waals surface area contributed by atoms with Crippen LogP contribution in [0.15, 0.2) is 48.5 Å². The van der Waals surface area contributed by atoms with Crippen molar-refractivity contribution in [2.45, 2.75) is 25.7 Å². The predicted octanol–water partition coefficient (Wildman–Crippen LogP) is 2.75. The lowest BCUT2D eigenvalue weighted by Gasteiger charge is -2.15. The monoisotopic (exact) mass is 374 g/mol. The maximum Gasteiger partial charge on any atom is 0.414 e. The van der Waals surface area contributed by atoms with Crippen LogP contribution in [0.3, 0.4) is 0 Å². The summed E-state index contributed by atoms with van der Waals surface area (Å²) in [5, 5.41) is 0. The zero-order chi connectivity index (χ0) is 18.7. The van der Waals surface area contributed by atoms with Gasteiger partial charge in [0.25, 0.3) is 0 Å². The molecule has 1 fully saturated rings. The summed E-state index contributed by atoms with van der Waals surface area (Å²) < 4.78 is 32.3. The summed E-state index contributed by atoms with van der Waals surface area (Å²) in [6, 6.07) is 14.8. The number of amides is 1. The van der Waals surface area contributed by atoms with E-state index in [0.717, 1.165) is 16.8 Å². The van der Waals surface area contributed by atoms with Crippen LogP contribution in [0.1, 0.15) is 16.7 Å². The van der Waals surface area contributed by atoms with E-state index in [-0.39, 0.29) is 12.3 Å². The largest absolute Gasteiger partial charge is 0.443 e. The Morgan fingerprint density at radius 2 is 1.77 bits per heavy atom. The van der Waals surface area contributed by atoms with Crippen LogP contribution in [0.2, 0.25) is 0 Å². The van der Waals surface area contributed by atoms with E-state index < -0.39 is 22.2 Å². The lowest BCUT2D eigenvalue weighted by atomic mass is 10.1. The lowest BCUT2D eigenvalue weighted by Crippen LogP contribution is -2.35. The van der Waals surface area contributed by atoms with E-state index in [9.17, 15) is 13.2 Å². The van der Waals surface area contributed by atoms with Gasteiger partial charge < -0.3 is 4.74 Å². The fourth-order valence-electron chi connectivity index (χ4n) is 3.01. The number of ether oxygens (including phenoxy) is 1. The molecule has 1 amide bonds. The molecule has 0 aromatic heterocycles. The summed E-state index contributed by atoms with van der Waals surface area (Å²) in [4.78, 5) is 13.7. The maximum atomic E-state index is 12.2. The standard InChI is InChI=1S/C19H22N2O4S/c1-14-8-15(2)10-17(9-14)21-12-18(25-19(21)22)11-20-26(23,24)13-16-6-4-3-5-7-16/h3-10,18,20H,11-13H2,1-2H3. The van der Waals surface area contributed by atoms with Gasteiger partial charge in [-0.3, -0.25) is 4.90 Å². The van der Waals surface area contributed by atoms with E-state index in [1.54, 1.807) is 24.3 Å². The van der Waals surface area contributed by atoms with Crippen LogP contribution >= 0.6 is 0 Å². The third-order valence-electron chi connectivity index (χ3n) is 4.12. The van der Waals surface area contributed by atoms with Crippen molar-refractivity contribution in [3.8, 4) is 0 Å². The van der Waals surface area contributed by atoms with Gasteiger partial charge in [-0.05, 0) is 42.7 Å². The van der Waals surface area contributed by atoms with Crippen molar-refractivity contribution in [1.82, 2.24) is 4.72 Å². The molecule has 3 rings (SSSR count). The van der Waals surface area contributed by atoms with Crippen LogP contribution in [-0.2, 0) is 20.5 Å². The Morgan fingerprint density at radius 3 is 2.42 bits per heavy atom. The Kier molecular flexibility index (Phi) is 5.29. The Bertz CT molecular complexity index is 877. The lowest BCUT2D eigenvalue weighted by molar-refractivity contribution is 0.143. The number of benzene rings is 2. The van der Waals surface area contributed by atoms with E-state index in [1.165, 1.54) is 4.90 Å². The van der Waals surface area contributed by atoms with Gasteiger partial charge in [0.05, 0.1) is 12.3 Å². The Labute approximate surface area is 153 Å². The molecule has 2 aromatic rings. The van der Waals surface area contributed by atoms with Crippen LogP contribution in [0.25, 0.3) is 0 Å². The molecule has 1 aliphatic rings. The molecule has 0 aliphatic carbocycles. The normalized spacial score (nSPS) is 17.4. The van der Waals surface area contributed by atoms with Gasteiger partial charge >= 0.3 is 6.09 Å². The van der Waals surface area contributed by atoms with E-state index in [4.69, 9.17) is 4.74 Å². The number of hydrogen-bond acceptors (Lipinski definition) is 4. The molecular formula is C19H22N2O4S. The molecule has 1 atom stereocenters. The molecule has 138 valence electrons. The van der Waals surface area contributed by atoms with Gasteiger partial charge in [0.1, 0.15) is 6.10 Å². The molecule has 7 heteroatoms. The second kappa shape index (κ2) is 7.47. The SMILES string of the molecule is Cc1cc(C)cc(N2CC(CNS(=O)(=O)Cc3ccccc3)OC2=O)c1. The van der Waals surface area contributed by atoms with Crippen LogP contribution in [-0.4, -0.2) is 33.7 Å². The summed E-state index contributed by atoms with van der Waals surface area (Å²) in [7, 11) is -3.49. The second-order valence-corrected chi connectivity index (χ2v) is 8.36. The van der Waals surface area contributed by atoms with Crippen molar-refractivity contribution >= 4 is 21.8 Å². The average Bonchev–Trinajstić information content (AvgIpc) is 2.94. The quantitative estimate of drug-likeness (QED) is 0.844. The highest BCUT2D eigenvalue weighted by molar-refractivity contribution is 7.88. The molecule has 0 bridgehead atoms. The molecule has 1 saturated heterocycles.